The van der Waals surface area contributed by atoms with Crippen LogP contribution in [0.1, 0.15) is 29.2 Å². The molecule has 1 aromatic heterocycles. The van der Waals surface area contributed by atoms with Gasteiger partial charge in [0.25, 0.3) is 0 Å². The normalized spacial score (nSPS) is 20.7. The van der Waals surface area contributed by atoms with Crippen molar-refractivity contribution in [2.75, 3.05) is 20.3 Å². The van der Waals surface area contributed by atoms with Crippen LogP contribution in [0.25, 0.3) is 0 Å². The van der Waals surface area contributed by atoms with Gasteiger partial charge in [0, 0.05) is 6.04 Å². The van der Waals surface area contributed by atoms with E-state index in [2.05, 4.69) is 9.64 Å². The molecule has 5 nitrogen and oxygen atoms in total. The lowest BCUT2D eigenvalue weighted by Crippen LogP contribution is -2.31. The number of aliphatic hydroxyl groups excluding tert-OH is 1. The fraction of sp³-hybridized carbons (Fsp3) is 0.583. The number of hydrogen-bond acceptors (Lipinski definition) is 5. The molecule has 2 heterocycles. The van der Waals surface area contributed by atoms with Gasteiger partial charge in [-0.1, -0.05) is 0 Å². The number of rotatable bonds is 4. The molecule has 17 heavy (non-hydrogen) atoms. The quantitative estimate of drug-likeness (QED) is 0.795. The predicted molar refractivity (Wildman–Crippen MR) is 60.6 cm³/mol. The number of nitrogens with zero attached hydrogens (tertiary/aromatic N) is 1. The van der Waals surface area contributed by atoms with E-state index in [1.54, 1.807) is 12.1 Å². The molecule has 0 bridgehead atoms. The van der Waals surface area contributed by atoms with Crippen LogP contribution in [0.2, 0.25) is 0 Å². The van der Waals surface area contributed by atoms with Gasteiger partial charge >= 0.3 is 5.97 Å². The van der Waals surface area contributed by atoms with Gasteiger partial charge in [0.2, 0.25) is 5.76 Å². The second-order valence-electron chi connectivity index (χ2n) is 4.21. The van der Waals surface area contributed by atoms with Gasteiger partial charge in [0.05, 0.1) is 20.3 Å². The van der Waals surface area contributed by atoms with Gasteiger partial charge in [-0.2, -0.15) is 0 Å². The Labute approximate surface area is 100.0 Å². The SMILES string of the molecule is COC(=O)c1ccc(CN2CCC[C@H]2CO)o1. The molecule has 1 fully saturated rings. The highest BCUT2D eigenvalue weighted by molar-refractivity contribution is 5.86. The molecule has 94 valence electrons. The summed E-state index contributed by atoms with van der Waals surface area (Å²) in [6, 6.07) is 3.60. The Morgan fingerprint density at radius 1 is 1.65 bits per heavy atom. The molecule has 0 aliphatic carbocycles. The van der Waals surface area contributed by atoms with Gasteiger partial charge in [0.15, 0.2) is 0 Å². The van der Waals surface area contributed by atoms with Crippen molar-refractivity contribution in [2.45, 2.75) is 25.4 Å². The van der Waals surface area contributed by atoms with Gasteiger partial charge in [-0.05, 0) is 31.5 Å². The summed E-state index contributed by atoms with van der Waals surface area (Å²) >= 11 is 0. The van der Waals surface area contributed by atoms with Crippen LogP contribution in [0.4, 0.5) is 0 Å². The number of furan rings is 1. The van der Waals surface area contributed by atoms with Crippen molar-refractivity contribution in [1.82, 2.24) is 4.90 Å². The lowest BCUT2D eigenvalue weighted by molar-refractivity contribution is 0.0560. The number of aliphatic hydroxyl groups is 1. The molecule has 0 aromatic carbocycles. The molecular formula is C12H17NO4. The molecule has 1 saturated heterocycles. The molecule has 1 atom stereocenters. The van der Waals surface area contributed by atoms with E-state index in [1.165, 1.54) is 7.11 Å². The molecule has 0 amide bonds. The third-order valence-corrected chi connectivity index (χ3v) is 3.12. The van der Waals surface area contributed by atoms with E-state index in [9.17, 15) is 9.90 Å². The molecular weight excluding hydrogens is 222 g/mol. The Morgan fingerprint density at radius 3 is 3.18 bits per heavy atom. The third-order valence-electron chi connectivity index (χ3n) is 3.12. The van der Waals surface area contributed by atoms with E-state index >= 15 is 0 Å². The predicted octanol–water partition coefficient (Wildman–Crippen LogP) is 1.02. The standard InChI is InChI=1S/C12H17NO4/c1-16-12(15)11-5-4-10(17-11)7-13-6-2-3-9(13)8-14/h4-5,9,14H,2-3,6-8H2,1H3/t9-/m0/s1. The van der Waals surface area contributed by atoms with Crippen LogP contribution < -0.4 is 0 Å². The summed E-state index contributed by atoms with van der Waals surface area (Å²) < 4.78 is 9.97. The van der Waals surface area contributed by atoms with Crippen LogP contribution in [-0.4, -0.2) is 42.3 Å². The molecule has 0 radical (unpaired) electrons. The van der Waals surface area contributed by atoms with E-state index in [1.807, 2.05) is 0 Å². The lowest BCUT2D eigenvalue weighted by Gasteiger charge is -2.21. The number of ether oxygens (including phenoxy) is 1. The van der Waals surface area contributed by atoms with Crippen LogP contribution >= 0.6 is 0 Å². The highest BCUT2D eigenvalue weighted by atomic mass is 16.5. The van der Waals surface area contributed by atoms with Crippen LogP contribution in [0.15, 0.2) is 16.5 Å². The number of methoxy groups -OCH3 is 1. The molecule has 0 spiro atoms. The number of carbonyl (C=O) groups excluding carboxylic acids is 1. The Morgan fingerprint density at radius 2 is 2.47 bits per heavy atom. The summed E-state index contributed by atoms with van der Waals surface area (Å²) in [5.41, 5.74) is 0. The summed E-state index contributed by atoms with van der Waals surface area (Å²) in [5.74, 6) is 0.490. The monoisotopic (exact) mass is 239 g/mol. The van der Waals surface area contributed by atoms with Gasteiger partial charge in [0.1, 0.15) is 5.76 Å². The maximum atomic E-state index is 11.2. The van der Waals surface area contributed by atoms with Crippen molar-refractivity contribution < 1.29 is 19.1 Å². The minimum Gasteiger partial charge on any atom is -0.463 e. The lowest BCUT2D eigenvalue weighted by atomic mass is 10.2. The molecule has 1 aliphatic rings. The first-order valence-electron chi connectivity index (χ1n) is 5.76. The van der Waals surface area contributed by atoms with Crippen molar-refractivity contribution in [1.29, 1.82) is 0 Å². The smallest absolute Gasteiger partial charge is 0.373 e. The Bertz CT molecular complexity index is 388. The maximum absolute atomic E-state index is 11.2. The van der Waals surface area contributed by atoms with Gasteiger partial charge < -0.3 is 14.3 Å². The van der Waals surface area contributed by atoms with Crippen molar-refractivity contribution in [3.05, 3.63) is 23.7 Å². The largest absolute Gasteiger partial charge is 0.463 e. The van der Waals surface area contributed by atoms with Crippen LogP contribution in [0.5, 0.6) is 0 Å². The topological polar surface area (TPSA) is 62.9 Å². The third kappa shape index (κ3) is 2.68. The number of hydrogen-bond donors (Lipinski definition) is 1. The van der Waals surface area contributed by atoms with Crippen LogP contribution in [0, 0.1) is 0 Å². The minimum absolute atomic E-state index is 0.171. The van der Waals surface area contributed by atoms with E-state index in [0.717, 1.165) is 25.1 Å². The zero-order chi connectivity index (χ0) is 12.3. The average Bonchev–Trinajstić information content (AvgIpc) is 2.97. The number of carbonyl (C=O) groups is 1. The molecule has 2 rings (SSSR count). The number of likely N-dealkylation sites (tertiary alicyclic amines) is 1. The number of esters is 1. The van der Waals surface area contributed by atoms with E-state index < -0.39 is 5.97 Å². The van der Waals surface area contributed by atoms with Crippen molar-refractivity contribution in [3.8, 4) is 0 Å². The highest BCUT2D eigenvalue weighted by Gasteiger charge is 2.24. The molecule has 0 unspecified atom stereocenters. The summed E-state index contributed by atoms with van der Waals surface area (Å²) in [6.07, 6.45) is 2.11. The maximum Gasteiger partial charge on any atom is 0.373 e. The van der Waals surface area contributed by atoms with Crippen LogP contribution in [0.3, 0.4) is 0 Å². The first-order valence-corrected chi connectivity index (χ1v) is 5.76. The van der Waals surface area contributed by atoms with E-state index in [4.69, 9.17) is 4.42 Å². The van der Waals surface area contributed by atoms with Crippen molar-refractivity contribution >= 4 is 5.97 Å². The molecule has 1 N–H and O–H groups in total. The van der Waals surface area contributed by atoms with E-state index in [-0.39, 0.29) is 18.4 Å². The van der Waals surface area contributed by atoms with Crippen molar-refractivity contribution in [3.63, 3.8) is 0 Å². The summed E-state index contributed by atoms with van der Waals surface area (Å²) in [4.78, 5) is 13.4. The Hall–Kier alpha value is -1.33. The fourth-order valence-corrected chi connectivity index (χ4v) is 2.18. The summed E-state index contributed by atoms with van der Waals surface area (Å²) in [7, 11) is 1.33. The second-order valence-corrected chi connectivity index (χ2v) is 4.21. The van der Waals surface area contributed by atoms with Crippen molar-refractivity contribution in [2.24, 2.45) is 0 Å². The minimum atomic E-state index is -0.462. The highest BCUT2D eigenvalue weighted by Crippen LogP contribution is 2.20. The molecule has 5 heteroatoms. The van der Waals surface area contributed by atoms with Crippen LogP contribution in [-0.2, 0) is 11.3 Å². The van der Waals surface area contributed by atoms with Gasteiger partial charge in [-0.15, -0.1) is 0 Å². The second kappa shape index (κ2) is 5.33. The summed E-state index contributed by atoms with van der Waals surface area (Å²) in [6.45, 7) is 1.76. The Balaban J connectivity index is 1.99. The molecule has 1 aromatic rings. The van der Waals surface area contributed by atoms with Gasteiger partial charge in [-0.25, -0.2) is 4.79 Å². The van der Waals surface area contributed by atoms with Gasteiger partial charge in [-0.3, -0.25) is 4.90 Å². The first kappa shape index (κ1) is 12.1. The first-order chi connectivity index (χ1) is 8.24. The summed E-state index contributed by atoms with van der Waals surface area (Å²) in [5, 5.41) is 9.20. The molecule has 0 saturated carbocycles. The zero-order valence-corrected chi connectivity index (χ0v) is 9.89. The molecule has 1 aliphatic heterocycles. The zero-order valence-electron chi connectivity index (χ0n) is 9.89. The fourth-order valence-electron chi connectivity index (χ4n) is 2.18. The van der Waals surface area contributed by atoms with E-state index in [0.29, 0.717) is 6.54 Å². The Kier molecular flexibility index (Phi) is 3.81. The average molecular weight is 239 g/mol.